The SMILES string of the molecule is ON(C(=S)Nc1ccccn1)c1ccccc1. The summed E-state index contributed by atoms with van der Waals surface area (Å²) in [6.45, 7) is 0. The monoisotopic (exact) mass is 245 g/mol. The summed E-state index contributed by atoms with van der Waals surface area (Å²) in [6.07, 6.45) is 1.65. The van der Waals surface area contributed by atoms with Crippen LogP contribution in [-0.2, 0) is 0 Å². The molecule has 0 saturated heterocycles. The minimum absolute atomic E-state index is 0.176. The lowest BCUT2D eigenvalue weighted by atomic mass is 10.3. The first-order valence-electron chi connectivity index (χ1n) is 5.03. The highest BCUT2D eigenvalue weighted by molar-refractivity contribution is 7.80. The van der Waals surface area contributed by atoms with E-state index in [0.29, 0.717) is 11.5 Å². The molecular formula is C12H11N3OS. The van der Waals surface area contributed by atoms with E-state index in [9.17, 15) is 5.21 Å². The van der Waals surface area contributed by atoms with Crippen LogP contribution in [0.25, 0.3) is 0 Å². The number of pyridine rings is 1. The van der Waals surface area contributed by atoms with Gasteiger partial charge in [-0.15, -0.1) is 0 Å². The number of hydroxylamine groups is 1. The molecule has 0 amide bonds. The summed E-state index contributed by atoms with van der Waals surface area (Å²) < 4.78 is 0. The van der Waals surface area contributed by atoms with E-state index in [-0.39, 0.29) is 5.11 Å². The zero-order chi connectivity index (χ0) is 12.1. The maximum absolute atomic E-state index is 9.85. The molecule has 5 heteroatoms. The highest BCUT2D eigenvalue weighted by Gasteiger charge is 2.08. The Kier molecular flexibility index (Phi) is 3.64. The smallest absolute Gasteiger partial charge is 0.203 e. The molecule has 0 aliphatic heterocycles. The number of aromatic nitrogens is 1. The maximum Gasteiger partial charge on any atom is 0.203 e. The molecule has 1 heterocycles. The normalized spacial score (nSPS) is 9.71. The van der Waals surface area contributed by atoms with Crippen LogP contribution in [0.5, 0.6) is 0 Å². The lowest BCUT2D eigenvalue weighted by molar-refractivity contribution is 0.314. The largest absolute Gasteiger partial charge is 0.315 e. The van der Waals surface area contributed by atoms with Crippen molar-refractivity contribution in [2.75, 3.05) is 10.4 Å². The van der Waals surface area contributed by atoms with E-state index in [4.69, 9.17) is 12.2 Å². The number of hydrogen-bond acceptors (Lipinski definition) is 3. The Morgan fingerprint density at radius 3 is 2.47 bits per heavy atom. The fourth-order valence-electron chi connectivity index (χ4n) is 1.29. The number of thiocarbonyl (C=S) groups is 1. The van der Waals surface area contributed by atoms with Gasteiger partial charge in [0.15, 0.2) is 0 Å². The van der Waals surface area contributed by atoms with Gasteiger partial charge in [-0.2, -0.15) is 5.06 Å². The number of anilines is 2. The van der Waals surface area contributed by atoms with Gasteiger partial charge >= 0.3 is 0 Å². The Balaban J connectivity index is 2.06. The van der Waals surface area contributed by atoms with Gasteiger partial charge in [-0.25, -0.2) is 4.98 Å². The number of benzene rings is 1. The Morgan fingerprint density at radius 1 is 1.12 bits per heavy atom. The van der Waals surface area contributed by atoms with Crippen LogP contribution in [0.15, 0.2) is 54.7 Å². The van der Waals surface area contributed by atoms with E-state index in [1.807, 2.05) is 30.3 Å². The van der Waals surface area contributed by atoms with E-state index >= 15 is 0 Å². The summed E-state index contributed by atoms with van der Waals surface area (Å²) in [7, 11) is 0. The first-order valence-corrected chi connectivity index (χ1v) is 5.44. The Hall–Kier alpha value is -1.98. The quantitative estimate of drug-likeness (QED) is 0.629. The highest BCUT2D eigenvalue weighted by Crippen LogP contribution is 2.12. The average Bonchev–Trinajstić information content (AvgIpc) is 2.40. The zero-order valence-electron chi connectivity index (χ0n) is 8.95. The van der Waals surface area contributed by atoms with Crippen LogP contribution in [0.3, 0.4) is 0 Å². The van der Waals surface area contributed by atoms with Crippen molar-refractivity contribution >= 4 is 28.8 Å². The van der Waals surface area contributed by atoms with Gasteiger partial charge in [0.1, 0.15) is 5.82 Å². The van der Waals surface area contributed by atoms with Crippen molar-refractivity contribution in [1.82, 2.24) is 4.98 Å². The predicted molar refractivity (Wildman–Crippen MR) is 71.2 cm³/mol. The van der Waals surface area contributed by atoms with Crippen molar-refractivity contribution in [1.29, 1.82) is 0 Å². The highest BCUT2D eigenvalue weighted by atomic mass is 32.1. The van der Waals surface area contributed by atoms with Crippen LogP contribution in [0.4, 0.5) is 11.5 Å². The lowest BCUT2D eigenvalue weighted by Crippen LogP contribution is -2.31. The average molecular weight is 245 g/mol. The van der Waals surface area contributed by atoms with E-state index in [2.05, 4.69) is 10.3 Å². The van der Waals surface area contributed by atoms with Crippen molar-refractivity contribution in [3.8, 4) is 0 Å². The second-order valence-electron chi connectivity index (χ2n) is 3.29. The van der Waals surface area contributed by atoms with Crippen LogP contribution >= 0.6 is 12.2 Å². The first kappa shape index (κ1) is 11.5. The number of nitrogens with zero attached hydrogens (tertiary/aromatic N) is 2. The summed E-state index contributed by atoms with van der Waals surface area (Å²) in [6, 6.07) is 14.4. The molecule has 0 spiro atoms. The molecule has 0 aliphatic carbocycles. The molecule has 0 aliphatic rings. The van der Waals surface area contributed by atoms with E-state index in [1.54, 1.807) is 24.4 Å². The van der Waals surface area contributed by atoms with Crippen molar-refractivity contribution in [3.05, 3.63) is 54.7 Å². The van der Waals surface area contributed by atoms with Crippen molar-refractivity contribution in [2.45, 2.75) is 0 Å². The Bertz CT molecular complexity index is 490. The molecule has 2 N–H and O–H groups in total. The molecule has 0 unspecified atom stereocenters. The van der Waals surface area contributed by atoms with E-state index < -0.39 is 0 Å². The van der Waals surface area contributed by atoms with Gasteiger partial charge in [-0.05, 0) is 36.5 Å². The molecule has 0 fully saturated rings. The Morgan fingerprint density at radius 2 is 1.82 bits per heavy atom. The molecule has 4 nitrogen and oxygen atoms in total. The minimum atomic E-state index is 0.176. The van der Waals surface area contributed by atoms with Gasteiger partial charge in [0, 0.05) is 6.20 Å². The van der Waals surface area contributed by atoms with Crippen LogP contribution in [0.1, 0.15) is 0 Å². The minimum Gasteiger partial charge on any atom is -0.315 e. The fourth-order valence-corrected chi connectivity index (χ4v) is 1.50. The molecular weight excluding hydrogens is 234 g/mol. The van der Waals surface area contributed by atoms with Crippen molar-refractivity contribution in [2.24, 2.45) is 0 Å². The van der Waals surface area contributed by atoms with Crippen LogP contribution in [-0.4, -0.2) is 15.3 Å². The number of hydrogen-bond donors (Lipinski definition) is 2. The molecule has 0 bridgehead atoms. The molecule has 0 atom stereocenters. The molecule has 0 saturated carbocycles. The summed E-state index contributed by atoms with van der Waals surface area (Å²) in [5.41, 5.74) is 0.598. The van der Waals surface area contributed by atoms with E-state index in [1.165, 1.54) is 0 Å². The number of para-hydroxylation sites is 1. The van der Waals surface area contributed by atoms with Gasteiger partial charge in [-0.3, -0.25) is 5.21 Å². The molecule has 1 aromatic heterocycles. The number of nitrogens with one attached hydrogen (secondary N) is 1. The zero-order valence-corrected chi connectivity index (χ0v) is 9.76. The van der Waals surface area contributed by atoms with Crippen molar-refractivity contribution < 1.29 is 5.21 Å². The van der Waals surface area contributed by atoms with Crippen molar-refractivity contribution in [3.63, 3.8) is 0 Å². The van der Waals surface area contributed by atoms with Gasteiger partial charge in [0.05, 0.1) is 5.69 Å². The third-order valence-corrected chi connectivity index (χ3v) is 2.37. The molecule has 86 valence electrons. The fraction of sp³-hybridized carbons (Fsp3) is 0. The summed E-state index contributed by atoms with van der Waals surface area (Å²) in [5.74, 6) is 0.590. The lowest BCUT2D eigenvalue weighted by Gasteiger charge is -2.18. The van der Waals surface area contributed by atoms with E-state index in [0.717, 1.165) is 5.06 Å². The third-order valence-electron chi connectivity index (χ3n) is 2.09. The summed E-state index contributed by atoms with van der Waals surface area (Å²) >= 11 is 5.07. The number of rotatable bonds is 2. The summed E-state index contributed by atoms with van der Waals surface area (Å²) in [5, 5.41) is 13.8. The molecule has 17 heavy (non-hydrogen) atoms. The summed E-state index contributed by atoms with van der Waals surface area (Å²) in [4.78, 5) is 4.06. The predicted octanol–water partition coefficient (Wildman–Crippen LogP) is 2.67. The van der Waals surface area contributed by atoms with Gasteiger partial charge in [0.2, 0.25) is 5.11 Å². The van der Waals surface area contributed by atoms with Gasteiger partial charge in [-0.1, -0.05) is 24.3 Å². The van der Waals surface area contributed by atoms with Crippen LogP contribution in [0.2, 0.25) is 0 Å². The Labute approximate surface area is 104 Å². The molecule has 2 aromatic rings. The van der Waals surface area contributed by atoms with Gasteiger partial charge < -0.3 is 5.32 Å². The first-order chi connectivity index (χ1) is 8.27. The van der Waals surface area contributed by atoms with Crippen LogP contribution in [0, 0.1) is 0 Å². The maximum atomic E-state index is 9.85. The second-order valence-corrected chi connectivity index (χ2v) is 3.68. The molecule has 2 rings (SSSR count). The molecule has 1 aromatic carbocycles. The van der Waals surface area contributed by atoms with Crippen LogP contribution < -0.4 is 10.4 Å². The molecule has 0 radical (unpaired) electrons. The topological polar surface area (TPSA) is 48.4 Å². The van der Waals surface area contributed by atoms with Gasteiger partial charge in [0.25, 0.3) is 0 Å². The third kappa shape index (κ3) is 2.99. The second kappa shape index (κ2) is 5.38. The standard InChI is InChI=1S/C12H11N3OS/c16-15(10-6-2-1-3-7-10)12(17)14-11-8-4-5-9-13-11/h1-9,16H,(H,13,14,17).